The molecule has 4 rings (SSSR count). The van der Waals surface area contributed by atoms with Crippen LogP contribution in [0.5, 0.6) is 0 Å². The van der Waals surface area contributed by atoms with E-state index in [1.54, 1.807) is 6.20 Å². The van der Waals surface area contributed by atoms with Gasteiger partial charge in [0.1, 0.15) is 5.69 Å². The number of sulfone groups is 1. The van der Waals surface area contributed by atoms with Gasteiger partial charge >= 0.3 is 6.18 Å². The van der Waals surface area contributed by atoms with Crippen molar-refractivity contribution >= 4 is 15.7 Å². The Morgan fingerprint density at radius 2 is 2.00 bits per heavy atom. The number of alkyl halides is 3. The molecule has 1 aliphatic carbocycles. The number of hydrogen-bond acceptors (Lipinski definition) is 5. The minimum Gasteiger partial charge on any atom is -0.345 e. The Morgan fingerprint density at radius 1 is 1.23 bits per heavy atom. The molecule has 7 nitrogen and oxygen atoms in total. The van der Waals surface area contributed by atoms with Gasteiger partial charge in [-0.1, -0.05) is 6.07 Å². The highest BCUT2D eigenvalue weighted by atomic mass is 32.2. The first kappa shape index (κ1) is 21.0. The number of amides is 1. The monoisotopic (exact) mass is 450 g/mol. The largest absolute Gasteiger partial charge is 0.433 e. The molecule has 1 aliphatic rings. The number of aryl methyl sites for hydroxylation is 1. The van der Waals surface area contributed by atoms with Crippen molar-refractivity contribution in [2.45, 2.75) is 30.0 Å². The molecule has 0 saturated carbocycles. The molecule has 1 amide bonds. The summed E-state index contributed by atoms with van der Waals surface area (Å²) in [6.07, 6.45) is 0.288. The van der Waals surface area contributed by atoms with Gasteiger partial charge in [-0.2, -0.15) is 18.3 Å². The van der Waals surface area contributed by atoms with E-state index >= 15 is 0 Å². The van der Waals surface area contributed by atoms with Crippen LogP contribution in [0.1, 0.15) is 39.8 Å². The molecule has 0 fully saturated rings. The minimum absolute atomic E-state index is 0.0400. The molecule has 0 bridgehead atoms. The molecular weight excluding hydrogens is 433 g/mol. The lowest BCUT2D eigenvalue weighted by atomic mass is 10.1. The van der Waals surface area contributed by atoms with E-state index in [0.29, 0.717) is 24.1 Å². The molecule has 2 aromatic heterocycles. The molecule has 31 heavy (non-hydrogen) atoms. The maximum absolute atomic E-state index is 12.9. The number of nitrogens with zero attached hydrogens (tertiary/aromatic N) is 3. The number of benzene rings is 1. The van der Waals surface area contributed by atoms with Gasteiger partial charge in [0.05, 0.1) is 22.3 Å². The van der Waals surface area contributed by atoms with Crippen molar-refractivity contribution < 1.29 is 26.4 Å². The average Bonchev–Trinajstić information content (AvgIpc) is 3.29. The van der Waals surface area contributed by atoms with Crippen LogP contribution in [-0.2, 0) is 22.4 Å². The second kappa shape index (κ2) is 7.49. The molecule has 0 spiro atoms. The molecule has 2 heterocycles. The Kier molecular flexibility index (Phi) is 5.08. The first-order valence-corrected chi connectivity index (χ1v) is 11.1. The smallest absolute Gasteiger partial charge is 0.345 e. The zero-order valence-corrected chi connectivity index (χ0v) is 17.0. The number of pyridine rings is 1. The summed E-state index contributed by atoms with van der Waals surface area (Å²) in [6.45, 7) is 0. The van der Waals surface area contributed by atoms with Crippen molar-refractivity contribution in [2.24, 2.45) is 0 Å². The summed E-state index contributed by atoms with van der Waals surface area (Å²) in [5.74, 6) is -0.445. The quantitative estimate of drug-likeness (QED) is 0.659. The zero-order chi connectivity index (χ0) is 22.4. The normalized spacial score (nSPS) is 16.2. The predicted molar refractivity (Wildman–Crippen MR) is 104 cm³/mol. The number of rotatable bonds is 4. The summed E-state index contributed by atoms with van der Waals surface area (Å²) < 4.78 is 63.6. The molecule has 1 aromatic carbocycles. The van der Waals surface area contributed by atoms with Gasteiger partial charge in [0.2, 0.25) is 0 Å². The van der Waals surface area contributed by atoms with Gasteiger partial charge < -0.3 is 5.32 Å². The van der Waals surface area contributed by atoms with Crippen molar-refractivity contribution in [3.05, 3.63) is 71.3 Å². The van der Waals surface area contributed by atoms with E-state index in [9.17, 15) is 26.4 Å². The number of hydrogen-bond donors (Lipinski definition) is 1. The van der Waals surface area contributed by atoms with E-state index in [1.807, 2.05) is 0 Å². The van der Waals surface area contributed by atoms with E-state index in [-0.39, 0.29) is 22.2 Å². The summed E-state index contributed by atoms with van der Waals surface area (Å²) in [5.41, 5.74) is 0.783. The SMILES string of the molecule is CS(=O)(=O)c1cccc(C(=O)N[C@H]2CCc3nn(-c4ccnc(C(F)(F)F)c4)cc32)c1. The molecule has 1 N–H and O–H groups in total. The van der Waals surface area contributed by atoms with Crippen LogP contribution in [0.4, 0.5) is 13.2 Å². The Labute approximate surface area is 175 Å². The fourth-order valence-electron chi connectivity index (χ4n) is 3.45. The Morgan fingerprint density at radius 3 is 2.71 bits per heavy atom. The number of carbonyl (C=O) groups excluding carboxylic acids is 1. The van der Waals surface area contributed by atoms with Gasteiger partial charge in [0.15, 0.2) is 9.84 Å². The van der Waals surface area contributed by atoms with Crippen molar-refractivity contribution in [1.29, 1.82) is 0 Å². The van der Waals surface area contributed by atoms with Crippen molar-refractivity contribution in [3.63, 3.8) is 0 Å². The Balaban J connectivity index is 1.57. The summed E-state index contributed by atoms with van der Waals surface area (Å²) in [4.78, 5) is 16.0. The third-order valence-electron chi connectivity index (χ3n) is 5.00. The highest BCUT2D eigenvalue weighted by molar-refractivity contribution is 7.90. The van der Waals surface area contributed by atoms with Gasteiger partial charge in [-0.25, -0.2) is 13.1 Å². The lowest BCUT2D eigenvalue weighted by Gasteiger charge is -2.13. The minimum atomic E-state index is -4.57. The van der Waals surface area contributed by atoms with Gasteiger partial charge in [-0.05, 0) is 43.2 Å². The third-order valence-corrected chi connectivity index (χ3v) is 6.11. The molecule has 0 unspecified atom stereocenters. The second-order valence-electron chi connectivity index (χ2n) is 7.24. The van der Waals surface area contributed by atoms with Crippen LogP contribution in [-0.4, -0.2) is 35.3 Å². The fourth-order valence-corrected chi connectivity index (χ4v) is 4.12. The summed E-state index contributed by atoms with van der Waals surface area (Å²) in [5, 5.41) is 7.20. The summed E-state index contributed by atoms with van der Waals surface area (Å²) in [7, 11) is -3.45. The first-order valence-electron chi connectivity index (χ1n) is 9.25. The topological polar surface area (TPSA) is 94.0 Å². The summed E-state index contributed by atoms with van der Waals surface area (Å²) >= 11 is 0. The standard InChI is InChI=1S/C20H17F3N4O3S/c1-31(29,30)14-4-2-3-12(9-14)19(28)25-16-5-6-17-15(16)11-27(26-17)13-7-8-24-18(10-13)20(21,22)23/h2-4,7-11,16H,5-6H2,1H3,(H,25,28)/t16-/m0/s1. The van der Waals surface area contributed by atoms with Crippen LogP contribution in [0.3, 0.4) is 0 Å². The summed E-state index contributed by atoms with van der Waals surface area (Å²) in [6, 6.07) is 7.66. The second-order valence-corrected chi connectivity index (χ2v) is 9.25. The van der Waals surface area contributed by atoms with Crippen LogP contribution in [0.25, 0.3) is 5.69 Å². The fraction of sp³-hybridized carbons (Fsp3) is 0.250. The van der Waals surface area contributed by atoms with Gasteiger partial charge in [-0.15, -0.1) is 0 Å². The molecule has 0 saturated heterocycles. The van der Waals surface area contributed by atoms with Gasteiger partial charge in [0, 0.05) is 29.8 Å². The van der Waals surface area contributed by atoms with Crippen LogP contribution < -0.4 is 5.32 Å². The van der Waals surface area contributed by atoms with Gasteiger partial charge in [0.25, 0.3) is 5.91 Å². The lowest BCUT2D eigenvalue weighted by Crippen LogP contribution is -2.27. The number of nitrogens with one attached hydrogen (secondary N) is 1. The van der Waals surface area contributed by atoms with E-state index in [4.69, 9.17) is 0 Å². The highest BCUT2D eigenvalue weighted by Gasteiger charge is 2.33. The molecular formula is C20H17F3N4O3S. The van der Waals surface area contributed by atoms with Crippen LogP contribution in [0.2, 0.25) is 0 Å². The molecule has 162 valence electrons. The number of aromatic nitrogens is 3. The zero-order valence-electron chi connectivity index (χ0n) is 16.2. The predicted octanol–water partition coefficient (Wildman–Crippen LogP) is 3.11. The molecule has 0 aliphatic heterocycles. The first-order chi connectivity index (χ1) is 14.5. The lowest BCUT2D eigenvalue weighted by molar-refractivity contribution is -0.141. The van der Waals surface area contributed by atoms with Crippen LogP contribution in [0.15, 0.2) is 53.7 Å². The maximum Gasteiger partial charge on any atom is 0.433 e. The third kappa shape index (κ3) is 4.31. The maximum atomic E-state index is 12.9. The number of halogens is 3. The molecule has 1 atom stereocenters. The molecule has 0 radical (unpaired) electrons. The Bertz CT molecular complexity index is 1270. The van der Waals surface area contributed by atoms with Crippen LogP contribution in [0, 0.1) is 0 Å². The van der Waals surface area contributed by atoms with Crippen molar-refractivity contribution in [1.82, 2.24) is 20.1 Å². The van der Waals surface area contributed by atoms with Crippen LogP contribution >= 0.6 is 0 Å². The molecule has 3 aromatic rings. The van der Waals surface area contributed by atoms with E-state index in [2.05, 4.69) is 15.4 Å². The Hall–Kier alpha value is -3.21. The van der Waals surface area contributed by atoms with E-state index in [0.717, 1.165) is 18.5 Å². The van der Waals surface area contributed by atoms with Gasteiger partial charge in [-0.3, -0.25) is 9.78 Å². The van der Waals surface area contributed by atoms with E-state index < -0.39 is 27.6 Å². The average molecular weight is 450 g/mol. The van der Waals surface area contributed by atoms with E-state index in [1.165, 1.54) is 35.0 Å². The highest BCUT2D eigenvalue weighted by Crippen LogP contribution is 2.32. The van der Waals surface area contributed by atoms with Crippen molar-refractivity contribution in [2.75, 3.05) is 6.26 Å². The number of fused-ring (bicyclic) bond motifs is 1. The van der Waals surface area contributed by atoms with Crippen molar-refractivity contribution in [3.8, 4) is 5.69 Å². The number of carbonyl (C=O) groups is 1. The molecule has 11 heteroatoms.